The summed E-state index contributed by atoms with van der Waals surface area (Å²) in [6.07, 6.45) is -4.65. The number of hydrogen-bond acceptors (Lipinski definition) is 2. The average Bonchev–Trinajstić information content (AvgIpc) is 2.38. The monoisotopic (exact) mass is 350 g/mol. The summed E-state index contributed by atoms with van der Waals surface area (Å²) in [6, 6.07) is 3.08. The van der Waals surface area contributed by atoms with Gasteiger partial charge in [0.1, 0.15) is 0 Å². The van der Waals surface area contributed by atoms with Gasteiger partial charge in [-0.15, -0.1) is 0 Å². The third-order valence-electron chi connectivity index (χ3n) is 2.93. The lowest BCUT2D eigenvalue weighted by molar-refractivity contribution is -0.137. The zero-order valence-corrected chi connectivity index (χ0v) is 13.8. The molecule has 0 radical (unpaired) electrons. The predicted octanol–water partition coefficient (Wildman–Crippen LogP) is 3.80. The van der Waals surface area contributed by atoms with E-state index in [1.54, 1.807) is 0 Å². The minimum absolute atomic E-state index is 0.0829. The molecule has 0 spiro atoms. The van der Waals surface area contributed by atoms with Gasteiger partial charge >= 0.3 is 6.18 Å². The minimum Gasteiger partial charge on any atom is -0.333 e. The summed E-state index contributed by atoms with van der Waals surface area (Å²) in [5, 5.41) is 2.11. The molecule has 0 saturated carbocycles. The summed E-state index contributed by atoms with van der Waals surface area (Å²) < 4.78 is 38.9. The molecule has 1 rings (SSSR count). The molecule has 0 bridgehead atoms. The number of rotatable bonds is 5. The highest BCUT2D eigenvalue weighted by Gasteiger charge is 2.34. The molecule has 8 heteroatoms. The van der Waals surface area contributed by atoms with E-state index in [4.69, 9.17) is 11.6 Å². The van der Waals surface area contributed by atoms with Crippen molar-refractivity contribution in [1.82, 2.24) is 4.90 Å². The molecule has 0 atom stereocenters. The Balaban J connectivity index is 2.91. The SMILES string of the molecule is CC(=O)N(CC(=O)Nc1ccc(Cl)cc1C(F)(F)F)CC(C)C. The molecule has 2 amide bonds. The highest BCUT2D eigenvalue weighted by molar-refractivity contribution is 6.30. The van der Waals surface area contributed by atoms with Crippen LogP contribution in [0.15, 0.2) is 18.2 Å². The van der Waals surface area contributed by atoms with Gasteiger partial charge in [0.2, 0.25) is 11.8 Å². The number of amides is 2. The second kappa shape index (κ2) is 7.68. The van der Waals surface area contributed by atoms with Gasteiger partial charge in [-0.3, -0.25) is 9.59 Å². The van der Waals surface area contributed by atoms with E-state index >= 15 is 0 Å². The van der Waals surface area contributed by atoms with E-state index in [9.17, 15) is 22.8 Å². The van der Waals surface area contributed by atoms with Crippen LogP contribution in [0, 0.1) is 5.92 Å². The first-order chi connectivity index (χ1) is 10.5. The van der Waals surface area contributed by atoms with Crippen molar-refractivity contribution in [3.05, 3.63) is 28.8 Å². The van der Waals surface area contributed by atoms with Crippen LogP contribution >= 0.6 is 11.6 Å². The number of carbonyl (C=O) groups is 2. The zero-order chi connectivity index (χ0) is 17.8. The van der Waals surface area contributed by atoms with Crippen LogP contribution < -0.4 is 5.32 Å². The molecule has 0 aliphatic carbocycles. The Morgan fingerprint density at radius 2 is 1.91 bits per heavy atom. The number of halogens is 4. The molecule has 128 valence electrons. The smallest absolute Gasteiger partial charge is 0.333 e. The highest BCUT2D eigenvalue weighted by Crippen LogP contribution is 2.36. The summed E-state index contributed by atoms with van der Waals surface area (Å²) in [5.41, 5.74) is -1.42. The van der Waals surface area contributed by atoms with Crippen LogP contribution in [0.4, 0.5) is 18.9 Å². The van der Waals surface area contributed by atoms with Crippen LogP contribution in [0.2, 0.25) is 5.02 Å². The van der Waals surface area contributed by atoms with Crippen molar-refractivity contribution < 1.29 is 22.8 Å². The van der Waals surface area contributed by atoms with E-state index in [-0.39, 0.29) is 29.1 Å². The standard InChI is InChI=1S/C15H18ClF3N2O2/c1-9(2)7-21(10(3)22)8-14(23)20-13-5-4-11(16)6-12(13)15(17,18)19/h4-6,9H,7-8H2,1-3H3,(H,20,23). The van der Waals surface area contributed by atoms with Gasteiger partial charge in [0.25, 0.3) is 0 Å². The van der Waals surface area contributed by atoms with Crippen molar-refractivity contribution in [2.75, 3.05) is 18.4 Å². The number of benzene rings is 1. The number of anilines is 1. The molecule has 0 aliphatic heterocycles. The number of alkyl halides is 3. The Morgan fingerprint density at radius 1 is 1.30 bits per heavy atom. The first kappa shape index (κ1) is 19.3. The van der Waals surface area contributed by atoms with E-state index in [1.165, 1.54) is 17.9 Å². The normalized spacial score (nSPS) is 11.5. The van der Waals surface area contributed by atoms with Crippen molar-refractivity contribution in [2.24, 2.45) is 5.92 Å². The Labute approximate surface area is 137 Å². The van der Waals surface area contributed by atoms with Crippen LogP contribution in [0.25, 0.3) is 0 Å². The van der Waals surface area contributed by atoms with Crippen LogP contribution in [-0.2, 0) is 15.8 Å². The molecule has 0 unspecified atom stereocenters. The molecule has 23 heavy (non-hydrogen) atoms. The number of nitrogens with one attached hydrogen (secondary N) is 1. The fourth-order valence-corrected chi connectivity index (χ4v) is 2.14. The van der Waals surface area contributed by atoms with Gasteiger partial charge in [-0.1, -0.05) is 25.4 Å². The minimum atomic E-state index is -4.65. The zero-order valence-electron chi connectivity index (χ0n) is 13.0. The van der Waals surface area contributed by atoms with E-state index in [1.807, 2.05) is 13.8 Å². The van der Waals surface area contributed by atoms with Gasteiger partial charge < -0.3 is 10.2 Å². The molecule has 0 saturated heterocycles. The average molecular weight is 351 g/mol. The fraction of sp³-hybridized carbons (Fsp3) is 0.467. The van der Waals surface area contributed by atoms with Crippen LogP contribution in [0.3, 0.4) is 0 Å². The van der Waals surface area contributed by atoms with Gasteiger partial charge in [0.05, 0.1) is 17.8 Å². The van der Waals surface area contributed by atoms with Gasteiger partial charge in [-0.2, -0.15) is 13.2 Å². The molecule has 0 fully saturated rings. The van der Waals surface area contributed by atoms with Crippen molar-refractivity contribution in [3.8, 4) is 0 Å². The Bertz CT molecular complexity index is 589. The summed E-state index contributed by atoms with van der Waals surface area (Å²) >= 11 is 5.58. The number of carbonyl (C=O) groups excluding carboxylic acids is 2. The van der Waals surface area contributed by atoms with Crippen molar-refractivity contribution in [2.45, 2.75) is 26.9 Å². The van der Waals surface area contributed by atoms with Crippen LogP contribution in [0.5, 0.6) is 0 Å². The second-order valence-corrected chi connectivity index (χ2v) is 5.97. The largest absolute Gasteiger partial charge is 0.418 e. The van der Waals surface area contributed by atoms with E-state index in [0.717, 1.165) is 12.1 Å². The van der Waals surface area contributed by atoms with Gasteiger partial charge in [-0.25, -0.2) is 0 Å². The second-order valence-electron chi connectivity index (χ2n) is 5.53. The maximum atomic E-state index is 13.0. The lowest BCUT2D eigenvalue weighted by Gasteiger charge is -2.23. The maximum Gasteiger partial charge on any atom is 0.418 e. The molecule has 1 N–H and O–H groups in total. The highest BCUT2D eigenvalue weighted by atomic mass is 35.5. The topological polar surface area (TPSA) is 49.4 Å². The van der Waals surface area contributed by atoms with Crippen LogP contribution in [-0.4, -0.2) is 29.8 Å². The predicted molar refractivity (Wildman–Crippen MR) is 82.2 cm³/mol. The van der Waals surface area contributed by atoms with E-state index < -0.39 is 17.6 Å². The molecule has 1 aromatic carbocycles. The summed E-state index contributed by atoms with van der Waals surface area (Å²) in [7, 11) is 0. The van der Waals surface area contributed by atoms with Crippen LogP contribution in [0.1, 0.15) is 26.3 Å². The molecule has 1 aromatic rings. The van der Waals surface area contributed by atoms with Gasteiger partial charge in [0.15, 0.2) is 0 Å². The molecular formula is C15H18ClF3N2O2. The van der Waals surface area contributed by atoms with Gasteiger partial charge in [-0.05, 0) is 24.1 Å². The third kappa shape index (κ3) is 6.09. The van der Waals surface area contributed by atoms with E-state index in [0.29, 0.717) is 6.54 Å². The van der Waals surface area contributed by atoms with Crippen molar-refractivity contribution >= 4 is 29.1 Å². The van der Waals surface area contributed by atoms with E-state index in [2.05, 4.69) is 5.32 Å². The van der Waals surface area contributed by atoms with Crippen molar-refractivity contribution in [1.29, 1.82) is 0 Å². The van der Waals surface area contributed by atoms with Crippen molar-refractivity contribution in [3.63, 3.8) is 0 Å². The Morgan fingerprint density at radius 3 is 2.39 bits per heavy atom. The maximum absolute atomic E-state index is 13.0. The Hall–Kier alpha value is -1.76. The molecular weight excluding hydrogens is 333 g/mol. The van der Waals surface area contributed by atoms with Gasteiger partial charge in [0, 0.05) is 18.5 Å². The molecule has 0 aliphatic rings. The third-order valence-corrected chi connectivity index (χ3v) is 3.16. The summed E-state index contributed by atoms with van der Waals surface area (Å²) in [5.74, 6) is -0.886. The lowest BCUT2D eigenvalue weighted by atomic mass is 10.1. The lowest BCUT2D eigenvalue weighted by Crippen LogP contribution is -2.39. The fourth-order valence-electron chi connectivity index (χ4n) is 1.97. The first-order valence-electron chi connectivity index (χ1n) is 6.92. The molecule has 0 aromatic heterocycles. The molecule has 4 nitrogen and oxygen atoms in total. The summed E-state index contributed by atoms with van der Waals surface area (Å²) in [4.78, 5) is 24.7. The quantitative estimate of drug-likeness (QED) is 0.878. The number of hydrogen-bond donors (Lipinski definition) is 1. The Kier molecular flexibility index (Phi) is 6.44. The summed E-state index contributed by atoms with van der Waals surface area (Å²) in [6.45, 7) is 5.08. The molecule has 0 heterocycles. The first-order valence-corrected chi connectivity index (χ1v) is 7.30. The number of nitrogens with zero attached hydrogens (tertiary/aromatic N) is 1.